The molecular formula is C11H10N2O3. The lowest BCUT2D eigenvalue weighted by molar-refractivity contribution is 0.0678. The molecule has 0 aliphatic rings. The number of nitrogens with zero attached hydrogens (tertiary/aromatic N) is 2. The molecule has 1 aromatic heterocycles. The summed E-state index contributed by atoms with van der Waals surface area (Å²) in [7, 11) is 1.40. The fourth-order valence-corrected chi connectivity index (χ4v) is 1.57. The van der Waals surface area contributed by atoms with Gasteiger partial charge < -0.3 is 5.11 Å². The van der Waals surface area contributed by atoms with Crippen molar-refractivity contribution in [3.63, 3.8) is 0 Å². The Bertz CT molecular complexity index is 643. The summed E-state index contributed by atoms with van der Waals surface area (Å²) in [4.78, 5) is 26.7. The fourth-order valence-electron chi connectivity index (χ4n) is 1.57. The molecule has 0 bridgehead atoms. The maximum absolute atomic E-state index is 11.8. The molecule has 0 aliphatic heterocycles. The molecule has 5 nitrogen and oxygen atoms in total. The van der Waals surface area contributed by atoms with Crippen molar-refractivity contribution < 1.29 is 9.90 Å². The molecule has 2 rings (SSSR count). The monoisotopic (exact) mass is 218 g/mol. The van der Waals surface area contributed by atoms with Gasteiger partial charge in [-0.3, -0.25) is 9.36 Å². The molecule has 16 heavy (non-hydrogen) atoms. The summed E-state index contributed by atoms with van der Waals surface area (Å²) in [6, 6.07) is 5.15. The van der Waals surface area contributed by atoms with Crippen molar-refractivity contribution in [2.45, 2.75) is 6.92 Å². The minimum atomic E-state index is -1.21. The molecule has 0 radical (unpaired) electrons. The van der Waals surface area contributed by atoms with Crippen molar-refractivity contribution in [2.75, 3.05) is 0 Å². The van der Waals surface area contributed by atoms with Gasteiger partial charge in [0.15, 0.2) is 0 Å². The lowest BCUT2D eigenvalue weighted by atomic mass is 10.2. The van der Waals surface area contributed by atoms with Crippen molar-refractivity contribution in [3.05, 3.63) is 39.9 Å². The van der Waals surface area contributed by atoms with Gasteiger partial charge >= 0.3 is 5.97 Å². The maximum Gasteiger partial charge on any atom is 0.372 e. The van der Waals surface area contributed by atoms with E-state index in [1.54, 1.807) is 18.2 Å². The molecule has 1 heterocycles. The average Bonchev–Trinajstić information content (AvgIpc) is 2.22. The van der Waals surface area contributed by atoms with Crippen LogP contribution in [0.3, 0.4) is 0 Å². The molecule has 0 aliphatic carbocycles. The maximum atomic E-state index is 11.8. The van der Waals surface area contributed by atoms with Crippen molar-refractivity contribution in [1.82, 2.24) is 9.55 Å². The van der Waals surface area contributed by atoms with Gasteiger partial charge in [-0.05, 0) is 24.6 Å². The van der Waals surface area contributed by atoms with Crippen LogP contribution in [0.5, 0.6) is 0 Å². The van der Waals surface area contributed by atoms with Crippen LogP contribution in [0.2, 0.25) is 0 Å². The quantitative estimate of drug-likeness (QED) is 0.773. The van der Waals surface area contributed by atoms with Gasteiger partial charge in [-0.1, -0.05) is 6.07 Å². The lowest BCUT2D eigenvalue weighted by Gasteiger charge is -2.05. The number of carboxylic acids is 1. The zero-order valence-electron chi connectivity index (χ0n) is 8.89. The van der Waals surface area contributed by atoms with Gasteiger partial charge in [0.05, 0.1) is 10.9 Å². The minimum absolute atomic E-state index is 0.247. The fraction of sp³-hybridized carbons (Fsp3) is 0.182. The molecule has 5 heteroatoms. The summed E-state index contributed by atoms with van der Waals surface area (Å²) < 4.78 is 1.04. The minimum Gasteiger partial charge on any atom is -0.475 e. The van der Waals surface area contributed by atoms with Crippen LogP contribution < -0.4 is 5.56 Å². The van der Waals surface area contributed by atoms with Crippen LogP contribution in [0.25, 0.3) is 10.9 Å². The van der Waals surface area contributed by atoms with Crippen LogP contribution in [-0.2, 0) is 7.05 Å². The summed E-state index contributed by atoms with van der Waals surface area (Å²) in [5.41, 5.74) is 1.01. The third-order valence-corrected chi connectivity index (χ3v) is 2.42. The third kappa shape index (κ3) is 1.46. The molecule has 0 saturated carbocycles. The predicted octanol–water partition coefficient (Wildman–Crippen LogP) is 0.940. The standard InChI is InChI=1S/C11H10N2O3/c1-6-3-4-7-8(5-6)12-9(11(15)16)13(2)10(7)14/h3-5H,1-2H3,(H,15,16). The normalized spacial score (nSPS) is 10.6. The van der Waals surface area contributed by atoms with E-state index in [-0.39, 0.29) is 11.4 Å². The second kappa shape index (κ2) is 3.44. The van der Waals surface area contributed by atoms with Crippen LogP contribution in [0.15, 0.2) is 23.0 Å². The highest BCUT2D eigenvalue weighted by Gasteiger charge is 2.13. The molecule has 1 N–H and O–H groups in total. The van der Waals surface area contributed by atoms with Crippen LogP contribution in [0.1, 0.15) is 16.2 Å². The Labute approximate surface area is 91.0 Å². The first-order valence-electron chi connectivity index (χ1n) is 4.71. The summed E-state index contributed by atoms with van der Waals surface area (Å²) in [5, 5.41) is 9.33. The van der Waals surface area contributed by atoms with E-state index < -0.39 is 5.97 Å². The van der Waals surface area contributed by atoms with Gasteiger partial charge in [-0.25, -0.2) is 9.78 Å². The van der Waals surface area contributed by atoms with E-state index in [9.17, 15) is 9.59 Å². The largest absolute Gasteiger partial charge is 0.475 e. The number of hydrogen-bond donors (Lipinski definition) is 1. The number of rotatable bonds is 1. The number of aryl methyl sites for hydroxylation is 1. The first-order valence-corrected chi connectivity index (χ1v) is 4.71. The molecule has 1 aromatic carbocycles. The van der Waals surface area contributed by atoms with Gasteiger partial charge in [-0.15, -0.1) is 0 Å². The third-order valence-electron chi connectivity index (χ3n) is 2.42. The summed E-state index contributed by atoms with van der Waals surface area (Å²) in [6.07, 6.45) is 0. The topological polar surface area (TPSA) is 72.2 Å². The summed E-state index contributed by atoms with van der Waals surface area (Å²) >= 11 is 0. The molecular weight excluding hydrogens is 208 g/mol. The molecule has 0 spiro atoms. The lowest BCUT2D eigenvalue weighted by Crippen LogP contribution is -2.25. The smallest absolute Gasteiger partial charge is 0.372 e. The van der Waals surface area contributed by atoms with Crippen molar-refractivity contribution in [1.29, 1.82) is 0 Å². The van der Waals surface area contributed by atoms with Crippen molar-refractivity contribution >= 4 is 16.9 Å². The molecule has 0 atom stereocenters. The number of benzene rings is 1. The molecule has 0 saturated heterocycles. The number of hydrogen-bond acceptors (Lipinski definition) is 3. The van der Waals surface area contributed by atoms with E-state index in [4.69, 9.17) is 5.11 Å². The Morgan fingerprint density at radius 1 is 1.44 bits per heavy atom. The number of aromatic carboxylic acids is 1. The molecule has 82 valence electrons. The van der Waals surface area contributed by atoms with Crippen LogP contribution in [0, 0.1) is 6.92 Å². The first-order chi connectivity index (χ1) is 7.50. The van der Waals surface area contributed by atoms with E-state index in [1.807, 2.05) is 6.92 Å². The van der Waals surface area contributed by atoms with Crippen molar-refractivity contribution in [3.8, 4) is 0 Å². The average molecular weight is 218 g/mol. The highest BCUT2D eigenvalue weighted by Crippen LogP contribution is 2.10. The van der Waals surface area contributed by atoms with Crippen molar-refractivity contribution in [2.24, 2.45) is 7.05 Å². The Balaban J connectivity index is 2.94. The van der Waals surface area contributed by atoms with E-state index in [0.717, 1.165) is 10.1 Å². The Morgan fingerprint density at radius 2 is 2.12 bits per heavy atom. The van der Waals surface area contributed by atoms with E-state index in [1.165, 1.54) is 7.05 Å². The number of fused-ring (bicyclic) bond motifs is 1. The van der Waals surface area contributed by atoms with Crippen LogP contribution in [-0.4, -0.2) is 20.6 Å². The van der Waals surface area contributed by atoms with Gasteiger partial charge in [0, 0.05) is 7.05 Å². The molecule has 2 aromatic rings. The number of carboxylic acid groups (broad SMARTS) is 1. The highest BCUT2D eigenvalue weighted by molar-refractivity contribution is 5.87. The van der Waals surface area contributed by atoms with Crippen LogP contribution >= 0.6 is 0 Å². The van der Waals surface area contributed by atoms with E-state index in [0.29, 0.717) is 10.9 Å². The summed E-state index contributed by atoms with van der Waals surface area (Å²) in [5.74, 6) is -1.45. The second-order valence-electron chi connectivity index (χ2n) is 3.63. The highest BCUT2D eigenvalue weighted by atomic mass is 16.4. The van der Waals surface area contributed by atoms with Gasteiger partial charge in [-0.2, -0.15) is 0 Å². The van der Waals surface area contributed by atoms with Crippen LogP contribution in [0.4, 0.5) is 0 Å². The van der Waals surface area contributed by atoms with Gasteiger partial charge in [0.1, 0.15) is 0 Å². The molecule has 0 fully saturated rings. The summed E-state index contributed by atoms with van der Waals surface area (Å²) in [6.45, 7) is 1.86. The molecule has 0 amide bonds. The number of aromatic nitrogens is 2. The Kier molecular flexibility index (Phi) is 2.23. The zero-order chi connectivity index (χ0) is 11.9. The Hall–Kier alpha value is -2.17. The first kappa shape index (κ1) is 10.4. The second-order valence-corrected chi connectivity index (χ2v) is 3.63. The Morgan fingerprint density at radius 3 is 2.75 bits per heavy atom. The molecule has 0 unspecified atom stereocenters. The van der Waals surface area contributed by atoms with Gasteiger partial charge in [0.25, 0.3) is 5.56 Å². The van der Waals surface area contributed by atoms with E-state index in [2.05, 4.69) is 4.98 Å². The SMILES string of the molecule is Cc1ccc2c(=O)n(C)c(C(=O)O)nc2c1. The van der Waals surface area contributed by atoms with E-state index >= 15 is 0 Å². The van der Waals surface area contributed by atoms with Gasteiger partial charge in [0.2, 0.25) is 5.82 Å². The zero-order valence-corrected chi connectivity index (χ0v) is 8.89. The predicted molar refractivity (Wildman–Crippen MR) is 58.7 cm³/mol. The number of carbonyl (C=O) groups is 1.